The molecule has 0 saturated carbocycles. The number of rotatable bonds is 2. The normalized spacial score (nSPS) is 10.2. The fourth-order valence-electron chi connectivity index (χ4n) is 2.59. The molecule has 3 aromatic heterocycles. The van der Waals surface area contributed by atoms with Crippen LogP contribution in [0.15, 0.2) is 49.3 Å². The Bertz CT molecular complexity index is 1000. The number of nitrogens with zero attached hydrogens (tertiary/aromatic N) is 3. The number of hydrogen-bond donors (Lipinski definition) is 0. The number of allylic oxidation sites excluding steroid dienone is 1. The van der Waals surface area contributed by atoms with Crippen molar-refractivity contribution in [2.45, 2.75) is 20.8 Å². The van der Waals surface area contributed by atoms with Crippen LogP contribution < -0.4 is 0 Å². The van der Waals surface area contributed by atoms with E-state index in [1.165, 1.54) is 0 Å². The van der Waals surface area contributed by atoms with Gasteiger partial charge in [-0.1, -0.05) is 30.0 Å². The average molecular weight is 348 g/mol. The molecule has 0 saturated heterocycles. The van der Waals surface area contributed by atoms with Gasteiger partial charge in [-0.05, 0) is 56.7 Å². The van der Waals surface area contributed by atoms with Crippen LogP contribution in [0.3, 0.4) is 0 Å². The second-order valence-corrected chi connectivity index (χ2v) is 6.31. The molecule has 124 valence electrons. The Morgan fingerprint density at radius 2 is 1.92 bits per heavy atom. The molecule has 3 aromatic rings. The van der Waals surface area contributed by atoms with E-state index in [1.54, 1.807) is 12.3 Å². The summed E-state index contributed by atoms with van der Waals surface area (Å²) in [7, 11) is 0. The van der Waals surface area contributed by atoms with E-state index in [-0.39, 0.29) is 0 Å². The first-order chi connectivity index (χ1) is 12.0. The fraction of sp³-hybridized carbons (Fsp3) is 0.143. The first kappa shape index (κ1) is 17.0. The zero-order valence-electron chi connectivity index (χ0n) is 14.5. The average Bonchev–Trinajstić information content (AvgIpc) is 2.91. The highest BCUT2D eigenvalue weighted by Gasteiger charge is 2.13. The molecule has 0 unspecified atom stereocenters. The minimum absolute atomic E-state index is 0.439. The van der Waals surface area contributed by atoms with E-state index in [0.717, 1.165) is 39.5 Å². The van der Waals surface area contributed by atoms with Crippen molar-refractivity contribution in [2.24, 2.45) is 0 Å². The standard InChI is InChI=1S/C21H18ClN3/c1-14(2)20-12-18(7-6-17-9-10-23-21(22)11-17)16(4)25(20)19-8-5-15(3)24-13-19/h5,8-13H,1H2,2-4H3. The van der Waals surface area contributed by atoms with Crippen LogP contribution in [0.25, 0.3) is 11.3 Å². The Morgan fingerprint density at radius 3 is 2.56 bits per heavy atom. The molecule has 0 aromatic carbocycles. The molecule has 3 nitrogen and oxygen atoms in total. The molecular formula is C21H18ClN3. The fourth-order valence-corrected chi connectivity index (χ4v) is 2.77. The molecule has 3 heterocycles. The molecule has 0 atom stereocenters. The first-order valence-electron chi connectivity index (χ1n) is 7.90. The molecule has 0 bridgehead atoms. The van der Waals surface area contributed by atoms with Crippen LogP contribution in [-0.4, -0.2) is 14.5 Å². The minimum atomic E-state index is 0.439. The van der Waals surface area contributed by atoms with Crippen LogP contribution in [0.2, 0.25) is 5.15 Å². The van der Waals surface area contributed by atoms with Crippen molar-refractivity contribution in [3.63, 3.8) is 0 Å². The predicted octanol–water partition coefficient (Wildman–Crippen LogP) is 4.97. The van der Waals surface area contributed by atoms with Gasteiger partial charge in [0.05, 0.1) is 11.9 Å². The van der Waals surface area contributed by atoms with E-state index in [1.807, 2.05) is 32.2 Å². The summed E-state index contributed by atoms with van der Waals surface area (Å²) >= 11 is 5.92. The van der Waals surface area contributed by atoms with Gasteiger partial charge in [0, 0.05) is 34.4 Å². The quantitative estimate of drug-likeness (QED) is 0.484. The summed E-state index contributed by atoms with van der Waals surface area (Å²) in [5.74, 6) is 6.38. The van der Waals surface area contributed by atoms with Gasteiger partial charge in [0.25, 0.3) is 0 Å². The molecule has 4 heteroatoms. The van der Waals surface area contributed by atoms with Gasteiger partial charge in [-0.2, -0.15) is 0 Å². The van der Waals surface area contributed by atoms with Crippen LogP contribution in [0.4, 0.5) is 0 Å². The van der Waals surface area contributed by atoms with Crippen LogP contribution in [0, 0.1) is 25.7 Å². The molecule has 0 fully saturated rings. The summed E-state index contributed by atoms with van der Waals surface area (Å²) in [6.45, 7) is 10.1. The molecule has 0 N–H and O–H groups in total. The largest absolute Gasteiger partial charge is 0.311 e. The number of pyridine rings is 2. The third-order valence-corrected chi connectivity index (χ3v) is 4.11. The third-order valence-electron chi connectivity index (χ3n) is 3.91. The maximum atomic E-state index is 5.92. The molecule has 0 aliphatic heterocycles. The van der Waals surface area contributed by atoms with Crippen molar-refractivity contribution in [3.05, 3.63) is 82.7 Å². The lowest BCUT2D eigenvalue weighted by molar-refractivity contribution is 0.974. The predicted molar refractivity (Wildman–Crippen MR) is 103 cm³/mol. The maximum absolute atomic E-state index is 5.92. The van der Waals surface area contributed by atoms with Gasteiger partial charge in [-0.3, -0.25) is 4.98 Å². The Hall–Kier alpha value is -2.83. The lowest BCUT2D eigenvalue weighted by Gasteiger charge is -2.11. The second kappa shape index (κ2) is 6.96. The lowest BCUT2D eigenvalue weighted by atomic mass is 10.2. The van der Waals surface area contributed by atoms with Gasteiger partial charge in [-0.25, -0.2) is 4.98 Å². The smallest absolute Gasteiger partial charge is 0.130 e. The second-order valence-electron chi connectivity index (χ2n) is 5.92. The summed E-state index contributed by atoms with van der Waals surface area (Å²) < 4.78 is 2.14. The summed E-state index contributed by atoms with van der Waals surface area (Å²) in [5.41, 5.74) is 6.83. The van der Waals surface area contributed by atoms with Crippen molar-refractivity contribution in [1.29, 1.82) is 0 Å². The molecule has 0 amide bonds. The molecule has 3 rings (SSSR count). The first-order valence-corrected chi connectivity index (χ1v) is 8.28. The Labute approximate surface area is 153 Å². The van der Waals surface area contributed by atoms with Crippen LogP contribution in [0.5, 0.6) is 0 Å². The SMILES string of the molecule is C=C(C)c1cc(C#Cc2ccnc(Cl)c2)c(C)n1-c1ccc(C)nc1. The van der Waals surface area contributed by atoms with E-state index in [0.29, 0.717) is 5.15 Å². The van der Waals surface area contributed by atoms with Gasteiger partial charge in [0.15, 0.2) is 0 Å². The summed E-state index contributed by atoms with van der Waals surface area (Å²) in [6, 6.07) is 9.72. The highest BCUT2D eigenvalue weighted by atomic mass is 35.5. The molecule has 0 aliphatic rings. The Morgan fingerprint density at radius 1 is 1.12 bits per heavy atom. The van der Waals surface area contributed by atoms with Crippen molar-refractivity contribution in [1.82, 2.24) is 14.5 Å². The van der Waals surface area contributed by atoms with E-state index in [9.17, 15) is 0 Å². The van der Waals surface area contributed by atoms with Gasteiger partial charge < -0.3 is 4.57 Å². The molecule has 0 radical (unpaired) electrons. The zero-order valence-corrected chi connectivity index (χ0v) is 15.2. The van der Waals surface area contributed by atoms with Crippen LogP contribution in [0.1, 0.15) is 35.1 Å². The van der Waals surface area contributed by atoms with Gasteiger partial charge in [-0.15, -0.1) is 0 Å². The van der Waals surface area contributed by atoms with Gasteiger partial charge in [0.2, 0.25) is 0 Å². The molecule has 0 aliphatic carbocycles. The topological polar surface area (TPSA) is 30.7 Å². The minimum Gasteiger partial charge on any atom is -0.311 e. The highest BCUT2D eigenvalue weighted by Crippen LogP contribution is 2.25. The van der Waals surface area contributed by atoms with E-state index in [2.05, 4.69) is 52.0 Å². The van der Waals surface area contributed by atoms with E-state index in [4.69, 9.17) is 11.6 Å². The summed E-state index contributed by atoms with van der Waals surface area (Å²) in [6.07, 6.45) is 3.52. The molecular weight excluding hydrogens is 330 g/mol. The monoisotopic (exact) mass is 347 g/mol. The maximum Gasteiger partial charge on any atom is 0.130 e. The van der Waals surface area contributed by atoms with Crippen molar-refractivity contribution in [3.8, 4) is 17.5 Å². The van der Waals surface area contributed by atoms with Gasteiger partial charge >= 0.3 is 0 Å². The van der Waals surface area contributed by atoms with Gasteiger partial charge in [0.1, 0.15) is 5.15 Å². The Kier molecular flexibility index (Phi) is 4.74. The zero-order chi connectivity index (χ0) is 18.0. The van der Waals surface area contributed by atoms with Crippen LogP contribution in [-0.2, 0) is 0 Å². The molecule has 0 spiro atoms. The van der Waals surface area contributed by atoms with Crippen molar-refractivity contribution >= 4 is 17.2 Å². The summed E-state index contributed by atoms with van der Waals surface area (Å²) in [5, 5.41) is 0.439. The lowest BCUT2D eigenvalue weighted by Crippen LogP contribution is -2.01. The van der Waals surface area contributed by atoms with E-state index < -0.39 is 0 Å². The number of hydrogen-bond acceptors (Lipinski definition) is 2. The van der Waals surface area contributed by atoms with Crippen LogP contribution >= 0.6 is 11.6 Å². The number of halogens is 1. The Balaban J connectivity index is 2.10. The van der Waals surface area contributed by atoms with E-state index >= 15 is 0 Å². The van der Waals surface area contributed by atoms with Crippen molar-refractivity contribution in [2.75, 3.05) is 0 Å². The third kappa shape index (κ3) is 3.65. The molecule has 25 heavy (non-hydrogen) atoms. The van der Waals surface area contributed by atoms with Crippen molar-refractivity contribution < 1.29 is 0 Å². The summed E-state index contributed by atoms with van der Waals surface area (Å²) in [4.78, 5) is 8.38. The number of aromatic nitrogens is 3. The number of aryl methyl sites for hydroxylation is 1. The highest BCUT2D eigenvalue weighted by molar-refractivity contribution is 6.29.